The number of amides is 2. The lowest BCUT2D eigenvalue weighted by Crippen LogP contribution is -2.38. The lowest BCUT2D eigenvalue weighted by atomic mass is 9.88. The standard InChI is InChI=1S/C30H31N5O2S/c1-20-25(18-31-35(20)23-10-3-2-4-11-23)30(37)34-16-14-22(15-17-34)29-33-27(19-38-29)28(36)32-26-13-7-9-21-8-5-6-12-24(21)26/h2-6,8,10-12,18-19,22,26H,7,9,13-17H2,1H3,(H,32,36). The fraction of sp³-hybridized carbons (Fsp3) is 0.333. The lowest BCUT2D eigenvalue weighted by Gasteiger charge is -2.31. The first-order chi connectivity index (χ1) is 18.6. The highest BCUT2D eigenvalue weighted by molar-refractivity contribution is 7.09. The van der Waals surface area contributed by atoms with Gasteiger partial charge in [0.1, 0.15) is 5.69 Å². The average molecular weight is 526 g/mol. The molecule has 8 heteroatoms. The Morgan fingerprint density at radius 1 is 1.00 bits per heavy atom. The van der Waals surface area contributed by atoms with Crippen LogP contribution in [-0.2, 0) is 6.42 Å². The number of hydrogen-bond acceptors (Lipinski definition) is 5. The first-order valence-corrected chi connectivity index (χ1v) is 14.2. The minimum Gasteiger partial charge on any atom is -0.344 e. The molecule has 1 N–H and O–H groups in total. The normalized spacial score (nSPS) is 17.7. The number of fused-ring (bicyclic) bond motifs is 1. The highest BCUT2D eigenvalue weighted by atomic mass is 32.1. The second kappa shape index (κ2) is 10.5. The number of nitrogens with zero attached hydrogens (tertiary/aromatic N) is 4. The third-order valence-electron chi connectivity index (χ3n) is 7.80. The van der Waals surface area contributed by atoms with Crippen molar-refractivity contribution in [3.05, 3.63) is 99.3 Å². The van der Waals surface area contributed by atoms with Crippen molar-refractivity contribution in [2.75, 3.05) is 13.1 Å². The summed E-state index contributed by atoms with van der Waals surface area (Å²) in [5.41, 5.74) is 5.48. The molecule has 0 saturated carbocycles. The largest absolute Gasteiger partial charge is 0.344 e. The monoisotopic (exact) mass is 525 g/mol. The Hall–Kier alpha value is -3.78. The number of para-hydroxylation sites is 1. The summed E-state index contributed by atoms with van der Waals surface area (Å²) in [6, 6.07) is 18.3. The molecule has 2 amide bonds. The third-order valence-corrected chi connectivity index (χ3v) is 8.81. The molecule has 3 heterocycles. The van der Waals surface area contributed by atoms with Gasteiger partial charge in [0.25, 0.3) is 11.8 Å². The molecule has 1 aliphatic carbocycles. The summed E-state index contributed by atoms with van der Waals surface area (Å²) in [6.45, 7) is 3.27. The minimum atomic E-state index is -0.104. The van der Waals surface area contributed by atoms with Gasteiger partial charge in [0.15, 0.2) is 0 Å². The first-order valence-electron chi connectivity index (χ1n) is 13.3. The summed E-state index contributed by atoms with van der Waals surface area (Å²) in [5.74, 6) is 0.178. The van der Waals surface area contributed by atoms with Crippen molar-refractivity contribution >= 4 is 23.2 Å². The molecule has 2 aromatic heterocycles. The van der Waals surface area contributed by atoms with E-state index in [1.165, 1.54) is 11.1 Å². The quantitative estimate of drug-likeness (QED) is 0.375. The zero-order chi connectivity index (χ0) is 26.1. The summed E-state index contributed by atoms with van der Waals surface area (Å²) in [4.78, 5) is 32.9. The molecule has 0 radical (unpaired) electrons. The van der Waals surface area contributed by atoms with E-state index in [9.17, 15) is 9.59 Å². The highest BCUT2D eigenvalue weighted by Crippen LogP contribution is 2.32. The van der Waals surface area contributed by atoms with Gasteiger partial charge in [0.2, 0.25) is 0 Å². The van der Waals surface area contributed by atoms with Crippen molar-refractivity contribution in [3.63, 3.8) is 0 Å². The van der Waals surface area contributed by atoms with Crippen LogP contribution in [0, 0.1) is 6.92 Å². The summed E-state index contributed by atoms with van der Waals surface area (Å²) in [6.07, 6.45) is 6.45. The molecular formula is C30H31N5O2S. The number of rotatable bonds is 5. The Bertz CT molecular complexity index is 1450. The van der Waals surface area contributed by atoms with E-state index in [0.29, 0.717) is 24.3 Å². The van der Waals surface area contributed by atoms with Crippen LogP contribution < -0.4 is 5.32 Å². The van der Waals surface area contributed by atoms with Crippen molar-refractivity contribution in [1.29, 1.82) is 0 Å². The fourth-order valence-electron chi connectivity index (χ4n) is 5.66. The Morgan fingerprint density at radius 3 is 2.58 bits per heavy atom. The van der Waals surface area contributed by atoms with Crippen molar-refractivity contribution in [2.24, 2.45) is 0 Å². The van der Waals surface area contributed by atoms with E-state index in [-0.39, 0.29) is 23.8 Å². The number of piperidine rings is 1. The molecule has 1 unspecified atom stereocenters. The third kappa shape index (κ3) is 4.76. The van der Waals surface area contributed by atoms with E-state index in [2.05, 4.69) is 28.6 Å². The maximum atomic E-state index is 13.3. The Labute approximate surface area is 226 Å². The number of hydrogen-bond donors (Lipinski definition) is 1. The maximum absolute atomic E-state index is 13.3. The lowest BCUT2D eigenvalue weighted by molar-refractivity contribution is 0.0712. The van der Waals surface area contributed by atoms with Crippen LogP contribution in [0.4, 0.5) is 0 Å². The molecule has 1 saturated heterocycles. The summed E-state index contributed by atoms with van der Waals surface area (Å²) >= 11 is 1.55. The van der Waals surface area contributed by atoms with Gasteiger partial charge in [-0.25, -0.2) is 9.67 Å². The number of thiazole rings is 1. The van der Waals surface area contributed by atoms with Gasteiger partial charge in [0.05, 0.1) is 34.2 Å². The van der Waals surface area contributed by atoms with Gasteiger partial charge >= 0.3 is 0 Å². The van der Waals surface area contributed by atoms with E-state index < -0.39 is 0 Å². The number of nitrogens with one attached hydrogen (secondary N) is 1. The molecule has 0 spiro atoms. The van der Waals surface area contributed by atoms with Crippen molar-refractivity contribution in [1.82, 2.24) is 25.0 Å². The van der Waals surface area contributed by atoms with Gasteiger partial charge in [-0.05, 0) is 62.3 Å². The van der Waals surface area contributed by atoms with Gasteiger partial charge < -0.3 is 10.2 Å². The number of likely N-dealkylation sites (tertiary alicyclic amines) is 1. The van der Waals surface area contributed by atoms with Gasteiger partial charge in [0, 0.05) is 24.4 Å². The van der Waals surface area contributed by atoms with E-state index in [0.717, 1.165) is 48.5 Å². The number of benzene rings is 2. The molecule has 38 heavy (non-hydrogen) atoms. The van der Waals surface area contributed by atoms with E-state index in [1.807, 2.05) is 58.3 Å². The summed E-state index contributed by atoms with van der Waals surface area (Å²) in [5, 5.41) is 10.5. The molecule has 7 nitrogen and oxygen atoms in total. The van der Waals surface area contributed by atoms with Gasteiger partial charge in [-0.1, -0.05) is 42.5 Å². The predicted molar refractivity (Wildman–Crippen MR) is 148 cm³/mol. The fourth-order valence-corrected chi connectivity index (χ4v) is 6.64. The number of aryl methyl sites for hydroxylation is 1. The van der Waals surface area contributed by atoms with Crippen LogP contribution in [0.25, 0.3) is 5.69 Å². The molecule has 1 atom stereocenters. The van der Waals surface area contributed by atoms with Crippen LogP contribution >= 0.6 is 11.3 Å². The van der Waals surface area contributed by atoms with Crippen molar-refractivity contribution < 1.29 is 9.59 Å². The van der Waals surface area contributed by atoms with Crippen LogP contribution in [0.1, 0.15) is 80.3 Å². The molecular weight excluding hydrogens is 494 g/mol. The molecule has 4 aromatic rings. The summed E-state index contributed by atoms with van der Waals surface area (Å²) in [7, 11) is 0. The van der Waals surface area contributed by atoms with Gasteiger partial charge in [-0.15, -0.1) is 11.3 Å². The van der Waals surface area contributed by atoms with E-state index in [4.69, 9.17) is 4.98 Å². The van der Waals surface area contributed by atoms with E-state index in [1.54, 1.807) is 17.5 Å². The molecule has 1 aliphatic heterocycles. The molecule has 0 bridgehead atoms. The second-order valence-electron chi connectivity index (χ2n) is 10.1. The zero-order valence-corrected chi connectivity index (χ0v) is 22.3. The van der Waals surface area contributed by atoms with Crippen LogP contribution in [0.15, 0.2) is 66.2 Å². The van der Waals surface area contributed by atoms with Crippen LogP contribution in [0.3, 0.4) is 0 Å². The topological polar surface area (TPSA) is 80.1 Å². The van der Waals surface area contributed by atoms with Crippen molar-refractivity contribution in [3.8, 4) is 5.69 Å². The number of carbonyl (C=O) groups is 2. The summed E-state index contributed by atoms with van der Waals surface area (Å²) < 4.78 is 1.81. The first kappa shape index (κ1) is 24.6. The molecule has 2 aliphatic rings. The Morgan fingerprint density at radius 2 is 1.76 bits per heavy atom. The SMILES string of the molecule is Cc1c(C(=O)N2CCC(c3nc(C(=O)NC4CCCc5ccccc54)cs3)CC2)cnn1-c1ccccc1. The second-order valence-corrected chi connectivity index (χ2v) is 11.0. The van der Waals surface area contributed by atoms with Crippen LogP contribution in [0.5, 0.6) is 0 Å². The number of carbonyl (C=O) groups excluding carboxylic acids is 2. The van der Waals surface area contributed by atoms with Crippen LogP contribution in [0.2, 0.25) is 0 Å². The van der Waals surface area contributed by atoms with Crippen molar-refractivity contribution in [2.45, 2.75) is 51.0 Å². The predicted octanol–water partition coefficient (Wildman–Crippen LogP) is 5.46. The van der Waals surface area contributed by atoms with E-state index >= 15 is 0 Å². The molecule has 1 fully saturated rings. The molecule has 6 rings (SSSR count). The average Bonchev–Trinajstić information content (AvgIpc) is 3.61. The van der Waals surface area contributed by atoms with Gasteiger partial charge in [-0.3, -0.25) is 9.59 Å². The number of aromatic nitrogens is 3. The Balaban J connectivity index is 1.07. The Kier molecular flexibility index (Phi) is 6.81. The minimum absolute atomic E-state index is 0.0232. The molecule has 2 aromatic carbocycles. The zero-order valence-electron chi connectivity index (χ0n) is 21.5. The van der Waals surface area contributed by atoms with Gasteiger partial charge in [-0.2, -0.15) is 5.10 Å². The molecule has 194 valence electrons. The maximum Gasteiger partial charge on any atom is 0.271 e. The highest BCUT2D eigenvalue weighted by Gasteiger charge is 2.29. The smallest absolute Gasteiger partial charge is 0.271 e. The van der Waals surface area contributed by atoms with Crippen LogP contribution in [-0.4, -0.2) is 44.6 Å².